The van der Waals surface area contributed by atoms with Crippen molar-refractivity contribution in [1.82, 2.24) is 4.98 Å². The molecule has 3 rings (SSSR count). The Kier molecular flexibility index (Phi) is 2.65. The summed E-state index contributed by atoms with van der Waals surface area (Å²) in [6, 6.07) is 10.7. The van der Waals surface area contributed by atoms with Crippen molar-refractivity contribution in [3.63, 3.8) is 0 Å². The zero-order valence-electron chi connectivity index (χ0n) is 9.15. The van der Waals surface area contributed by atoms with E-state index in [1.165, 1.54) is 0 Å². The number of nitrogens with two attached hydrogens (primary N) is 1. The van der Waals surface area contributed by atoms with Gasteiger partial charge in [-0.25, -0.2) is 4.98 Å². The summed E-state index contributed by atoms with van der Waals surface area (Å²) < 4.78 is 5.64. The third-order valence-corrected chi connectivity index (χ3v) is 3.39. The molecule has 0 aliphatic carbocycles. The molecule has 0 aliphatic heterocycles. The zero-order chi connectivity index (χ0) is 12.7. The highest BCUT2D eigenvalue weighted by atomic mass is 35.5. The second-order valence-corrected chi connectivity index (χ2v) is 4.64. The summed E-state index contributed by atoms with van der Waals surface area (Å²) in [5.74, 6) is 0.495. The van der Waals surface area contributed by atoms with Crippen LogP contribution < -0.4 is 5.73 Å². The lowest BCUT2D eigenvalue weighted by atomic mass is 10.2. The van der Waals surface area contributed by atoms with Crippen molar-refractivity contribution < 1.29 is 4.42 Å². The lowest BCUT2D eigenvalue weighted by molar-refractivity contribution is 0.620. The van der Waals surface area contributed by atoms with E-state index in [1.807, 2.05) is 12.1 Å². The van der Waals surface area contributed by atoms with Crippen LogP contribution in [0.2, 0.25) is 10.0 Å². The summed E-state index contributed by atoms with van der Waals surface area (Å²) >= 11 is 12.0. The van der Waals surface area contributed by atoms with Gasteiger partial charge in [0.2, 0.25) is 5.89 Å². The molecule has 1 aromatic heterocycles. The van der Waals surface area contributed by atoms with E-state index in [1.54, 1.807) is 24.3 Å². The second kappa shape index (κ2) is 4.19. The van der Waals surface area contributed by atoms with E-state index in [4.69, 9.17) is 33.4 Å². The third-order valence-electron chi connectivity index (χ3n) is 2.61. The number of rotatable bonds is 1. The molecule has 0 amide bonds. The van der Waals surface area contributed by atoms with E-state index < -0.39 is 0 Å². The summed E-state index contributed by atoms with van der Waals surface area (Å²) in [5.41, 5.74) is 8.34. The Balaban J connectivity index is 2.19. The first-order valence-electron chi connectivity index (χ1n) is 5.25. The highest BCUT2D eigenvalue weighted by Crippen LogP contribution is 2.33. The van der Waals surface area contributed by atoms with Crippen molar-refractivity contribution in [2.45, 2.75) is 0 Å². The standard InChI is InChI=1S/C13H8Cl2N2O/c14-9-5-6-10-12(11(9)15)18-13(17-10)7-1-3-8(16)4-2-7/h1-6H,16H2. The monoisotopic (exact) mass is 278 g/mol. The van der Waals surface area contributed by atoms with Gasteiger partial charge in [0.1, 0.15) is 10.5 Å². The molecule has 1 heterocycles. The van der Waals surface area contributed by atoms with Gasteiger partial charge in [-0.1, -0.05) is 23.2 Å². The molecular formula is C13H8Cl2N2O. The van der Waals surface area contributed by atoms with E-state index in [2.05, 4.69) is 4.98 Å². The van der Waals surface area contributed by atoms with Crippen molar-refractivity contribution in [1.29, 1.82) is 0 Å². The molecule has 0 aliphatic rings. The molecule has 0 radical (unpaired) electrons. The van der Waals surface area contributed by atoms with Crippen LogP contribution in [0, 0.1) is 0 Å². The molecule has 0 atom stereocenters. The van der Waals surface area contributed by atoms with E-state index in [0.29, 0.717) is 32.7 Å². The lowest BCUT2D eigenvalue weighted by Crippen LogP contribution is -1.83. The number of fused-ring (bicyclic) bond motifs is 1. The normalized spacial score (nSPS) is 11.0. The van der Waals surface area contributed by atoms with E-state index >= 15 is 0 Å². The summed E-state index contributed by atoms with van der Waals surface area (Å²) in [7, 11) is 0. The first kappa shape index (κ1) is 11.4. The first-order chi connectivity index (χ1) is 8.65. The average Bonchev–Trinajstić information content (AvgIpc) is 2.80. The molecular weight excluding hydrogens is 271 g/mol. The molecule has 0 spiro atoms. The van der Waals surface area contributed by atoms with E-state index in [-0.39, 0.29) is 0 Å². The van der Waals surface area contributed by atoms with Gasteiger partial charge in [0.25, 0.3) is 0 Å². The van der Waals surface area contributed by atoms with Gasteiger partial charge in [-0.05, 0) is 36.4 Å². The summed E-state index contributed by atoms with van der Waals surface area (Å²) in [6.45, 7) is 0. The smallest absolute Gasteiger partial charge is 0.227 e. The zero-order valence-corrected chi connectivity index (χ0v) is 10.7. The van der Waals surface area contributed by atoms with E-state index in [9.17, 15) is 0 Å². The molecule has 5 heteroatoms. The van der Waals surface area contributed by atoms with Crippen LogP contribution in [0.15, 0.2) is 40.8 Å². The number of halogens is 2. The van der Waals surface area contributed by atoms with Crippen molar-refractivity contribution in [3.8, 4) is 11.5 Å². The van der Waals surface area contributed by atoms with Gasteiger partial charge in [-0.15, -0.1) is 0 Å². The number of aromatic nitrogens is 1. The highest BCUT2D eigenvalue weighted by Gasteiger charge is 2.12. The molecule has 2 aromatic carbocycles. The van der Waals surface area contributed by atoms with Gasteiger partial charge in [-0.2, -0.15) is 0 Å². The summed E-state index contributed by atoms with van der Waals surface area (Å²) in [5, 5.41) is 0.826. The fourth-order valence-corrected chi connectivity index (χ4v) is 2.03. The molecule has 0 saturated carbocycles. The van der Waals surface area contributed by atoms with Gasteiger partial charge >= 0.3 is 0 Å². The fourth-order valence-electron chi connectivity index (χ4n) is 1.69. The van der Waals surface area contributed by atoms with Gasteiger partial charge in [0.15, 0.2) is 5.58 Å². The van der Waals surface area contributed by atoms with Crippen LogP contribution in [0.1, 0.15) is 0 Å². The Labute approximate surface area is 113 Å². The number of nitrogen functional groups attached to an aromatic ring is 1. The maximum Gasteiger partial charge on any atom is 0.227 e. The minimum absolute atomic E-state index is 0.378. The average molecular weight is 279 g/mol. The molecule has 3 nitrogen and oxygen atoms in total. The number of hydrogen-bond acceptors (Lipinski definition) is 3. The van der Waals surface area contributed by atoms with Crippen LogP contribution in [0.25, 0.3) is 22.6 Å². The predicted molar refractivity (Wildman–Crippen MR) is 73.9 cm³/mol. The SMILES string of the molecule is Nc1ccc(-c2nc3ccc(Cl)c(Cl)c3o2)cc1. The van der Waals surface area contributed by atoms with Crippen LogP contribution in [-0.4, -0.2) is 4.98 Å². The number of anilines is 1. The topological polar surface area (TPSA) is 52.0 Å². The number of benzene rings is 2. The number of oxazole rings is 1. The molecule has 2 N–H and O–H groups in total. The van der Waals surface area contributed by atoms with Crippen molar-refractivity contribution >= 4 is 40.0 Å². The Morgan fingerprint density at radius 3 is 2.44 bits per heavy atom. The van der Waals surface area contributed by atoms with Gasteiger partial charge in [-0.3, -0.25) is 0 Å². The molecule has 0 fully saturated rings. The molecule has 0 unspecified atom stereocenters. The van der Waals surface area contributed by atoms with Crippen molar-refractivity contribution in [2.75, 3.05) is 5.73 Å². The summed E-state index contributed by atoms with van der Waals surface area (Å²) in [6.07, 6.45) is 0. The molecule has 0 bridgehead atoms. The number of nitrogens with zero attached hydrogens (tertiary/aromatic N) is 1. The second-order valence-electron chi connectivity index (χ2n) is 3.85. The van der Waals surface area contributed by atoms with E-state index in [0.717, 1.165) is 5.56 Å². The quantitative estimate of drug-likeness (QED) is 0.672. The highest BCUT2D eigenvalue weighted by molar-refractivity contribution is 6.44. The Hall–Kier alpha value is -1.71. The third kappa shape index (κ3) is 1.82. The minimum atomic E-state index is 0.378. The first-order valence-corrected chi connectivity index (χ1v) is 6.01. The van der Waals surface area contributed by atoms with Crippen LogP contribution in [0.3, 0.4) is 0 Å². The van der Waals surface area contributed by atoms with Crippen LogP contribution in [-0.2, 0) is 0 Å². The van der Waals surface area contributed by atoms with Gasteiger partial charge in [0, 0.05) is 11.3 Å². The van der Waals surface area contributed by atoms with Crippen LogP contribution in [0.4, 0.5) is 5.69 Å². The molecule has 3 aromatic rings. The Morgan fingerprint density at radius 1 is 1.00 bits per heavy atom. The van der Waals surface area contributed by atoms with Crippen molar-refractivity contribution in [2.24, 2.45) is 0 Å². The minimum Gasteiger partial charge on any atom is -0.434 e. The van der Waals surface area contributed by atoms with Crippen LogP contribution >= 0.6 is 23.2 Å². The maximum atomic E-state index is 6.07. The predicted octanol–water partition coefficient (Wildman–Crippen LogP) is 4.38. The Bertz CT molecular complexity index is 720. The largest absolute Gasteiger partial charge is 0.434 e. The maximum absolute atomic E-state index is 6.07. The molecule has 0 saturated heterocycles. The lowest BCUT2D eigenvalue weighted by Gasteiger charge is -1.95. The molecule has 18 heavy (non-hydrogen) atoms. The molecule has 90 valence electrons. The fraction of sp³-hybridized carbons (Fsp3) is 0. The number of hydrogen-bond donors (Lipinski definition) is 1. The summed E-state index contributed by atoms with van der Waals surface area (Å²) in [4.78, 5) is 4.36. The van der Waals surface area contributed by atoms with Gasteiger partial charge < -0.3 is 10.2 Å². The van der Waals surface area contributed by atoms with Crippen molar-refractivity contribution in [3.05, 3.63) is 46.4 Å². The van der Waals surface area contributed by atoms with Crippen LogP contribution in [0.5, 0.6) is 0 Å². The van der Waals surface area contributed by atoms with Gasteiger partial charge in [0.05, 0.1) is 5.02 Å². The Morgan fingerprint density at radius 2 is 1.72 bits per heavy atom.